The SMILES string of the molecule is Cc1ccc(S(=O)(=O)c2nc(-n3nc(C)cc3C)sc2N2CCOCC2)cc1. The molecule has 1 aliphatic heterocycles. The Morgan fingerprint density at radius 3 is 2.36 bits per heavy atom. The first kappa shape index (κ1) is 19.1. The number of morpholine rings is 1. The van der Waals surface area contributed by atoms with Gasteiger partial charge in [-0.15, -0.1) is 0 Å². The molecule has 0 amide bonds. The van der Waals surface area contributed by atoms with Crippen LogP contribution in [-0.2, 0) is 14.6 Å². The number of aromatic nitrogens is 3. The zero-order chi connectivity index (χ0) is 19.9. The molecule has 3 heterocycles. The molecule has 0 radical (unpaired) electrons. The second-order valence-electron chi connectivity index (χ2n) is 6.86. The standard InChI is InChI=1S/C19H22N4O3S2/c1-13-4-6-16(7-5-13)28(24,25)17-18(22-8-10-26-11-9-22)27-19(20-17)23-15(3)12-14(2)21-23/h4-7,12H,8-11H2,1-3H3. The Morgan fingerprint density at radius 2 is 1.75 bits per heavy atom. The predicted octanol–water partition coefficient (Wildman–Crippen LogP) is 2.92. The third kappa shape index (κ3) is 3.45. The molecule has 2 aromatic heterocycles. The van der Waals surface area contributed by atoms with Crippen molar-refractivity contribution < 1.29 is 13.2 Å². The van der Waals surface area contributed by atoms with Crippen LogP contribution >= 0.6 is 11.3 Å². The van der Waals surface area contributed by atoms with Gasteiger partial charge in [0, 0.05) is 18.8 Å². The molecule has 0 atom stereocenters. The van der Waals surface area contributed by atoms with Crippen molar-refractivity contribution >= 4 is 26.2 Å². The molecule has 28 heavy (non-hydrogen) atoms. The van der Waals surface area contributed by atoms with E-state index in [1.807, 2.05) is 31.7 Å². The van der Waals surface area contributed by atoms with Crippen LogP contribution in [0.3, 0.4) is 0 Å². The maximum Gasteiger partial charge on any atom is 0.226 e. The van der Waals surface area contributed by atoms with Crippen LogP contribution in [0.1, 0.15) is 17.0 Å². The highest BCUT2D eigenvalue weighted by Crippen LogP contribution is 2.37. The molecule has 0 N–H and O–H groups in total. The van der Waals surface area contributed by atoms with Crippen LogP contribution in [0.25, 0.3) is 5.13 Å². The number of anilines is 1. The molecule has 0 aliphatic carbocycles. The summed E-state index contributed by atoms with van der Waals surface area (Å²) < 4.78 is 33.9. The molecular formula is C19H22N4O3S2. The number of hydrogen-bond donors (Lipinski definition) is 0. The normalized spacial score (nSPS) is 15.2. The van der Waals surface area contributed by atoms with Crippen molar-refractivity contribution in [3.63, 3.8) is 0 Å². The van der Waals surface area contributed by atoms with E-state index in [0.717, 1.165) is 17.0 Å². The molecule has 9 heteroatoms. The van der Waals surface area contributed by atoms with Crippen molar-refractivity contribution in [3.05, 3.63) is 47.3 Å². The summed E-state index contributed by atoms with van der Waals surface area (Å²) in [5.41, 5.74) is 2.79. The van der Waals surface area contributed by atoms with E-state index in [0.29, 0.717) is 36.4 Å². The number of rotatable bonds is 4. The van der Waals surface area contributed by atoms with Crippen molar-refractivity contribution in [1.82, 2.24) is 14.8 Å². The molecule has 148 valence electrons. The minimum absolute atomic E-state index is 0.0887. The van der Waals surface area contributed by atoms with Crippen LogP contribution in [0, 0.1) is 20.8 Å². The van der Waals surface area contributed by atoms with E-state index in [2.05, 4.69) is 10.1 Å². The highest BCUT2D eigenvalue weighted by atomic mass is 32.2. The number of aryl methyl sites for hydroxylation is 3. The summed E-state index contributed by atoms with van der Waals surface area (Å²) in [5, 5.41) is 5.76. The third-order valence-electron chi connectivity index (χ3n) is 4.64. The second-order valence-corrected chi connectivity index (χ2v) is 9.68. The number of hydrogen-bond acceptors (Lipinski definition) is 7. The lowest BCUT2D eigenvalue weighted by Gasteiger charge is -2.27. The molecule has 4 rings (SSSR count). The Balaban J connectivity index is 1.86. The average Bonchev–Trinajstić information content (AvgIpc) is 3.26. The molecule has 3 aromatic rings. The first-order chi connectivity index (χ1) is 13.4. The fraction of sp³-hybridized carbons (Fsp3) is 0.368. The highest BCUT2D eigenvalue weighted by Gasteiger charge is 2.31. The molecule has 1 aromatic carbocycles. The molecule has 0 unspecified atom stereocenters. The summed E-state index contributed by atoms with van der Waals surface area (Å²) in [6.07, 6.45) is 0. The quantitative estimate of drug-likeness (QED) is 0.648. The largest absolute Gasteiger partial charge is 0.378 e. The molecule has 7 nitrogen and oxygen atoms in total. The molecular weight excluding hydrogens is 396 g/mol. The van der Waals surface area contributed by atoms with Gasteiger partial charge < -0.3 is 9.64 Å². The summed E-state index contributed by atoms with van der Waals surface area (Å²) in [5.74, 6) is 0. The fourth-order valence-corrected chi connectivity index (χ4v) is 5.99. The zero-order valence-corrected chi connectivity index (χ0v) is 17.7. The molecule has 1 fully saturated rings. The third-order valence-corrected chi connectivity index (χ3v) is 7.55. The van der Waals surface area contributed by atoms with Gasteiger partial charge in [-0.05, 0) is 39.0 Å². The molecule has 0 spiro atoms. The summed E-state index contributed by atoms with van der Waals surface area (Å²) in [6, 6.07) is 8.82. The second kappa shape index (κ2) is 7.31. The lowest BCUT2D eigenvalue weighted by atomic mass is 10.2. The van der Waals surface area contributed by atoms with E-state index in [1.54, 1.807) is 28.9 Å². The van der Waals surface area contributed by atoms with E-state index in [-0.39, 0.29) is 9.92 Å². The van der Waals surface area contributed by atoms with Crippen molar-refractivity contribution in [3.8, 4) is 5.13 Å². The summed E-state index contributed by atoms with van der Waals surface area (Å²) in [4.78, 5) is 6.84. The van der Waals surface area contributed by atoms with Crippen molar-refractivity contribution in [1.29, 1.82) is 0 Å². The van der Waals surface area contributed by atoms with Gasteiger partial charge in [0.1, 0.15) is 5.00 Å². The van der Waals surface area contributed by atoms with Gasteiger partial charge in [0.05, 0.1) is 23.8 Å². The summed E-state index contributed by atoms with van der Waals surface area (Å²) in [6.45, 7) is 8.17. The maximum absolute atomic E-state index is 13.4. The van der Waals surface area contributed by atoms with Gasteiger partial charge >= 0.3 is 0 Å². The fourth-order valence-electron chi connectivity index (χ4n) is 3.17. The van der Waals surface area contributed by atoms with Crippen LogP contribution in [0.2, 0.25) is 0 Å². The van der Waals surface area contributed by atoms with E-state index in [1.165, 1.54) is 11.3 Å². The highest BCUT2D eigenvalue weighted by molar-refractivity contribution is 7.91. The van der Waals surface area contributed by atoms with Crippen LogP contribution in [-0.4, -0.2) is 49.5 Å². The van der Waals surface area contributed by atoms with Gasteiger partial charge in [-0.3, -0.25) is 0 Å². The lowest BCUT2D eigenvalue weighted by molar-refractivity contribution is 0.123. The van der Waals surface area contributed by atoms with E-state index >= 15 is 0 Å². The number of sulfone groups is 1. The van der Waals surface area contributed by atoms with Gasteiger partial charge in [-0.1, -0.05) is 29.0 Å². The molecule has 0 saturated carbocycles. The van der Waals surface area contributed by atoms with E-state index < -0.39 is 9.84 Å². The van der Waals surface area contributed by atoms with Crippen LogP contribution in [0.5, 0.6) is 0 Å². The first-order valence-electron chi connectivity index (χ1n) is 9.05. The summed E-state index contributed by atoms with van der Waals surface area (Å²) >= 11 is 1.35. The Morgan fingerprint density at radius 1 is 1.07 bits per heavy atom. The molecule has 1 aliphatic rings. The zero-order valence-electron chi connectivity index (χ0n) is 16.0. The van der Waals surface area contributed by atoms with Gasteiger partial charge in [0.15, 0.2) is 5.03 Å². The van der Waals surface area contributed by atoms with E-state index in [9.17, 15) is 8.42 Å². The Bertz CT molecular complexity index is 1090. The van der Waals surface area contributed by atoms with Gasteiger partial charge in [-0.2, -0.15) is 5.10 Å². The maximum atomic E-state index is 13.4. The number of nitrogens with zero attached hydrogens (tertiary/aromatic N) is 4. The van der Waals surface area contributed by atoms with Crippen molar-refractivity contribution in [2.24, 2.45) is 0 Å². The smallest absolute Gasteiger partial charge is 0.226 e. The van der Waals surface area contributed by atoms with Crippen molar-refractivity contribution in [2.75, 3.05) is 31.2 Å². The monoisotopic (exact) mass is 418 g/mol. The number of benzene rings is 1. The van der Waals surface area contributed by atoms with Crippen LogP contribution in [0.4, 0.5) is 5.00 Å². The van der Waals surface area contributed by atoms with Gasteiger partial charge in [0.2, 0.25) is 15.0 Å². The predicted molar refractivity (Wildman–Crippen MR) is 108 cm³/mol. The number of ether oxygens (including phenoxy) is 1. The summed E-state index contributed by atoms with van der Waals surface area (Å²) in [7, 11) is -3.75. The van der Waals surface area contributed by atoms with Crippen molar-refractivity contribution in [2.45, 2.75) is 30.7 Å². The average molecular weight is 419 g/mol. The Kier molecular flexibility index (Phi) is 4.98. The topological polar surface area (TPSA) is 77.3 Å². The molecule has 0 bridgehead atoms. The first-order valence-corrected chi connectivity index (χ1v) is 11.3. The van der Waals surface area contributed by atoms with Crippen LogP contribution < -0.4 is 4.90 Å². The minimum atomic E-state index is -3.75. The lowest BCUT2D eigenvalue weighted by Crippen LogP contribution is -2.36. The molecule has 1 saturated heterocycles. The van der Waals surface area contributed by atoms with Gasteiger partial charge in [0.25, 0.3) is 0 Å². The van der Waals surface area contributed by atoms with Crippen LogP contribution in [0.15, 0.2) is 40.3 Å². The van der Waals surface area contributed by atoms with Gasteiger partial charge in [-0.25, -0.2) is 18.1 Å². The Hall–Kier alpha value is -2.23. The minimum Gasteiger partial charge on any atom is -0.378 e. The Labute approximate surface area is 168 Å². The number of thiazole rings is 1. The van der Waals surface area contributed by atoms with E-state index in [4.69, 9.17) is 4.74 Å².